The van der Waals surface area contributed by atoms with Gasteiger partial charge in [0.1, 0.15) is 0 Å². The van der Waals surface area contributed by atoms with Gasteiger partial charge in [-0.05, 0) is 6.92 Å². The van der Waals surface area contributed by atoms with Crippen LogP contribution in [0.2, 0.25) is 0 Å². The van der Waals surface area contributed by atoms with Crippen LogP contribution in [0.5, 0.6) is 0 Å². The molecule has 0 atom stereocenters. The van der Waals surface area contributed by atoms with E-state index in [2.05, 4.69) is 13.2 Å². The van der Waals surface area contributed by atoms with Crippen LogP contribution in [0.4, 0.5) is 0 Å². The van der Waals surface area contributed by atoms with Crippen molar-refractivity contribution in [3.05, 3.63) is 25.3 Å². The zero-order valence-electron chi connectivity index (χ0n) is 6.04. The number of halogens is 1. The second-order valence-corrected chi connectivity index (χ2v) is 1.29. The maximum Gasteiger partial charge on any atom is 0.307 e. The largest absolute Gasteiger partial charge is 0.481 e. The quantitative estimate of drug-likeness (QED) is 0.636. The molecule has 0 amide bonds. The van der Waals surface area contributed by atoms with Crippen molar-refractivity contribution in [2.45, 2.75) is 13.3 Å². The summed E-state index contributed by atoms with van der Waals surface area (Å²) in [5, 5.41) is 7.84. The Labute approximate surface area is 67.7 Å². The number of allylic oxidation sites excluding steroid dienone is 1. The Kier molecular flexibility index (Phi) is 25.3. The van der Waals surface area contributed by atoms with Crippen molar-refractivity contribution in [2.75, 3.05) is 0 Å². The first-order chi connectivity index (χ1) is 4.18. The van der Waals surface area contributed by atoms with Crippen LogP contribution in [0.3, 0.4) is 0 Å². The Hall–Kier alpha value is -0.760. The minimum absolute atomic E-state index is 0. The summed E-state index contributed by atoms with van der Waals surface area (Å²) in [5.74, 6) is -0.829. The molecule has 0 aliphatic carbocycles. The third kappa shape index (κ3) is 56.2. The normalized spacial score (nSPS) is 5.70. The van der Waals surface area contributed by atoms with E-state index in [1.807, 2.05) is 6.92 Å². The summed E-state index contributed by atoms with van der Waals surface area (Å²) in [4.78, 5) is 9.53. The Bertz CT molecular complexity index is 99.8. The van der Waals surface area contributed by atoms with Gasteiger partial charge in [0.25, 0.3) is 0 Å². The maximum absolute atomic E-state index is 9.53. The van der Waals surface area contributed by atoms with Crippen LogP contribution < -0.4 is 0 Å². The van der Waals surface area contributed by atoms with Crippen LogP contribution in [-0.2, 0) is 4.79 Å². The lowest BCUT2D eigenvalue weighted by molar-refractivity contribution is -0.135. The molecule has 0 bridgehead atoms. The van der Waals surface area contributed by atoms with Gasteiger partial charge < -0.3 is 5.11 Å². The first-order valence-electron chi connectivity index (χ1n) is 2.58. The molecule has 0 aliphatic heterocycles. The maximum atomic E-state index is 9.53. The SMILES string of the molecule is C=CC.C=CCC(=O)O.Cl. The molecular formula is C7H13ClO2. The predicted octanol–water partition coefficient (Wildman–Crippen LogP) is 2.26. The van der Waals surface area contributed by atoms with E-state index in [4.69, 9.17) is 5.11 Å². The number of aliphatic carboxylic acids is 1. The minimum atomic E-state index is -0.829. The summed E-state index contributed by atoms with van der Waals surface area (Å²) in [6, 6.07) is 0. The molecule has 0 fully saturated rings. The fourth-order valence-electron chi connectivity index (χ4n) is 0.123. The van der Waals surface area contributed by atoms with Crippen LogP contribution in [0.25, 0.3) is 0 Å². The zero-order chi connectivity index (χ0) is 7.70. The van der Waals surface area contributed by atoms with Gasteiger partial charge in [-0.1, -0.05) is 12.2 Å². The van der Waals surface area contributed by atoms with Gasteiger partial charge in [0, 0.05) is 0 Å². The molecule has 0 saturated carbocycles. The Morgan fingerprint density at radius 3 is 1.90 bits per heavy atom. The van der Waals surface area contributed by atoms with Gasteiger partial charge in [-0.25, -0.2) is 0 Å². The van der Waals surface area contributed by atoms with Gasteiger partial charge in [0.05, 0.1) is 6.42 Å². The van der Waals surface area contributed by atoms with Crippen molar-refractivity contribution >= 4 is 18.4 Å². The van der Waals surface area contributed by atoms with E-state index in [1.165, 1.54) is 6.08 Å². The molecule has 3 heteroatoms. The van der Waals surface area contributed by atoms with Crippen molar-refractivity contribution < 1.29 is 9.90 Å². The van der Waals surface area contributed by atoms with Gasteiger partial charge in [-0.2, -0.15) is 0 Å². The summed E-state index contributed by atoms with van der Waals surface area (Å²) in [5.41, 5.74) is 0. The molecule has 10 heavy (non-hydrogen) atoms. The standard InChI is InChI=1S/C4H6O2.C3H6.ClH/c1-2-3-4(5)6;1-3-2;/h2H,1,3H2,(H,5,6);3H,1H2,2H3;1H. The van der Waals surface area contributed by atoms with E-state index in [0.717, 1.165) is 0 Å². The van der Waals surface area contributed by atoms with Gasteiger partial charge in [-0.3, -0.25) is 4.79 Å². The average molecular weight is 165 g/mol. The van der Waals surface area contributed by atoms with Gasteiger partial charge in [0.15, 0.2) is 0 Å². The molecule has 0 heterocycles. The van der Waals surface area contributed by atoms with Gasteiger partial charge in [0.2, 0.25) is 0 Å². The van der Waals surface area contributed by atoms with Gasteiger partial charge >= 0.3 is 5.97 Å². The number of hydrogen-bond donors (Lipinski definition) is 1. The Morgan fingerprint density at radius 1 is 1.60 bits per heavy atom. The highest BCUT2D eigenvalue weighted by molar-refractivity contribution is 5.85. The zero-order valence-corrected chi connectivity index (χ0v) is 6.86. The van der Waals surface area contributed by atoms with Crippen molar-refractivity contribution in [3.63, 3.8) is 0 Å². The molecule has 0 rings (SSSR count). The lowest BCUT2D eigenvalue weighted by Gasteiger charge is -1.75. The molecule has 0 unspecified atom stereocenters. The lowest BCUT2D eigenvalue weighted by Crippen LogP contribution is -1.88. The minimum Gasteiger partial charge on any atom is -0.481 e. The molecule has 0 aromatic heterocycles. The Balaban J connectivity index is -0.000000107. The number of carboxylic acids is 1. The summed E-state index contributed by atoms with van der Waals surface area (Å²) in [6.07, 6.45) is 3.16. The molecule has 0 radical (unpaired) electrons. The molecule has 0 saturated heterocycles. The summed E-state index contributed by atoms with van der Waals surface area (Å²) >= 11 is 0. The van der Waals surface area contributed by atoms with Crippen molar-refractivity contribution in [3.8, 4) is 0 Å². The monoisotopic (exact) mass is 164 g/mol. The highest BCUT2D eigenvalue weighted by Crippen LogP contribution is 1.74. The third-order valence-corrected chi connectivity index (χ3v) is 0.319. The van der Waals surface area contributed by atoms with Crippen LogP contribution >= 0.6 is 12.4 Å². The molecule has 60 valence electrons. The van der Waals surface area contributed by atoms with Crippen molar-refractivity contribution in [1.29, 1.82) is 0 Å². The fraction of sp³-hybridized carbons (Fsp3) is 0.286. The van der Waals surface area contributed by atoms with E-state index < -0.39 is 5.97 Å². The van der Waals surface area contributed by atoms with E-state index in [-0.39, 0.29) is 18.8 Å². The summed E-state index contributed by atoms with van der Waals surface area (Å²) < 4.78 is 0. The predicted molar refractivity (Wildman–Crippen MR) is 45.6 cm³/mol. The molecule has 0 aromatic carbocycles. The van der Waals surface area contributed by atoms with E-state index in [9.17, 15) is 4.79 Å². The lowest BCUT2D eigenvalue weighted by atomic mass is 10.4. The van der Waals surface area contributed by atoms with Crippen LogP contribution in [0, 0.1) is 0 Å². The number of carboxylic acid groups (broad SMARTS) is 1. The number of carbonyl (C=O) groups is 1. The van der Waals surface area contributed by atoms with E-state index in [1.54, 1.807) is 6.08 Å². The first-order valence-corrected chi connectivity index (χ1v) is 2.58. The molecule has 0 spiro atoms. The molecule has 2 nitrogen and oxygen atoms in total. The number of hydrogen-bond acceptors (Lipinski definition) is 1. The van der Waals surface area contributed by atoms with Crippen molar-refractivity contribution in [2.24, 2.45) is 0 Å². The van der Waals surface area contributed by atoms with Gasteiger partial charge in [-0.15, -0.1) is 25.6 Å². The highest BCUT2D eigenvalue weighted by Gasteiger charge is 1.84. The molecule has 0 aromatic rings. The number of rotatable bonds is 2. The van der Waals surface area contributed by atoms with Crippen molar-refractivity contribution in [1.82, 2.24) is 0 Å². The molecular weight excluding hydrogens is 152 g/mol. The first kappa shape index (κ1) is 16.1. The smallest absolute Gasteiger partial charge is 0.307 e. The average Bonchev–Trinajstić information content (AvgIpc) is 1.67. The Morgan fingerprint density at radius 2 is 1.90 bits per heavy atom. The van der Waals surface area contributed by atoms with E-state index >= 15 is 0 Å². The second-order valence-electron chi connectivity index (χ2n) is 1.29. The fourth-order valence-corrected chi connectivity index (χ4v) is 0.123. The highest BCUT2D eigenvalue weighted by atomic mass is 35.5. The summed E-state index contributed by atoms with van der Waals surface area (Å²) in [6.45, 7) is 8.47. The second kappa shape index (κ2) is 15.7. The van der Waals surface area contributed by atoms with Crippen LogP contribution in [0.1, 0.15) is 13.3 Å². The third-order valence-electron chi connectivity index (χ3n) is 0.319. The van der Waals surface area contributed by atoms with Crippen LogP contribution in [0.15, 0.2) is 25.3 Å². The van der Waals surface area contributed by atoms with Crippen LogP contribution in [-0.4, -0.2) is 11.1 Å². The molecule has 1 N–H and O–H groups in total. The summed E-state index contributed by atoms with van der Waals surface area (Å²) in [7, 11) is 0. The topological polar surface area (TPSA) is 37.3 Å². The van der Waals surface area contributed by atoms with E-state index in [0.29, 0.717) is 0 Å². The molecule has 0 aliphatic rings.